The average Bonchev–Trinajstić information content (AvgIpc) is 2.46. The highest BCUT2D eigenvalue weighted by molar-refractivity contribution is 7.86. The van der Waals surface area contributed by atoms with Gasteiger partial charge in [-0.1, -0.05) is 19.2 Å². The summed E-state index contributed by atoms with van der Waals surface area (Å²) >= 11 is 0. The first-order valence-corrected chi connectivity index (χ1v) is 7.27. The van der Waals surface area contributed by atoms with Crippen LogP contribution in [0.3, 0.4) is 0 Å². The third-order valence-corrected chi connectivity index (χ3v) is 3.08. The van der Waals surface area contributed by atoms with Crippen LogP contribution in [0.2, 0.25) is 0 Å². The molecule has 0 aromatic carbocycles. The topological polar surface area (TPSA) is 116 Å². The third kappa shape index (κ3) is 5.47. The summed E-state index contributed by atoms with van der Waals surface area (Å²) < 4.78 is 106. The molecule has 25 heavy (non-hydrogen) atoms. The second-order valence-corrected chi connectivity index (χ2v) is 5.58. The van der Waals surface area contributed by atoms with Crippen molar-refractivity contribution in [2.24, 2.45) is 0 Å². The van der Waals surface area contributed by atoms with Crippen molar-refractivity contribution < 1.29 is 58.7 Å². The van der Waals surface area contributed by atoms with Gasteiger partial charge >= 0.3 is 39.3 Å². The third-order valence-electron chi connectivity index (χ3n) is 2.21. The molecule has 144 valence electrons. The first kappa shape index (κ1) is 22.9. The largest absolute Gasteiger partial charge is 0.468 e. The molecule has 0 spiro atoms. The molecule has 0 aliphatic rings. The lowest BCUT2D eigenvalue weighted by molar-refractivity contribution is -0.359. The van der Waals surface area contributed by atoms with E-state index in [9.17, 15) is 40.0 Å². The highest BCUT2D eigenvalue weighted by atomic mass is 32.2. The summed E-state index contributed by atoms with van der Waals surface area (Å²) in [5, 5.41) is -5.26. The molecule has 0 radical (unpaired) electrons. The molecule has 0 aliphatic heterocycles. The van der Waals surface area contributed by atoms with Crippen molar-refractivity contribution in [2.75, 3.05) is 13.2 Å². The van der Waals surface area contributed by atoms with Gasteiger partial charge in [-0.05, 0) is 0 Å². The van der Waals surface area contributed by atoms with Gasteiger partial charge in [-0.3, -0.25) is 4.55 Å². The quantitative estimate of drug-likeness (QED) is 0.154. The number of hydrogen-bond donors (Lipinski definition) is 1. The van der Waals surface area contributed by atoms with Crippen molar-refractivity contribution in [1.29, 1.82) is 0 Å². The Hall–Kier alpha value is -2.06. The number of carbonyl (C=O) groups is 2. The van der Waals surface area contributed by atoms with Crippen LogP contribution in [0.15, 0.2) is 25.3 Å². The maximum absolute atomic E-state index is 13.2. The first-order chi connectivity index (χ1) is 11.1. The fraction of sp³-hybridized carbons (Fsp3) is 0.455. The minimum absolute atomic E-state index is 0.144. The lowest BCUT2D eigenvalue weighted by atomic mass is 10.2. The molecule has 8 nitrogen and oxygen atoms in total. The second kappa shape index (κ2) is 7.88. The van der Waals surface area contributed by atoms with Crippen LogP contribution in [0.5, 0.6) is 0 Å². The fourth-order valence-electron chi connectivity index (χ4n) is 1.06. The minimum atomic E-state index is -6.20. The van der Waals surface area contributed by atoms with Crippen molar-refractivity contribution in [1.82, 2.24) is 0 Å². The number of hydrogen-bond acceptors (Lipinski definition) is 7. The molecule has 1 N–H and O–H groups in total. The van der Waals surface area contributed by atoms with Crippen molar-refractivity contribution in [3.8, 4) is 0 Å². The van der Waals surface area contributed by atoms with Gasteiger partial charge in [0.25, 0.3) is 0 Å². The number of ether oxygens (including phenoxy) is 3. The molecule has 0 amide bonds. The predicted octanol–water partition coefficient (Wildman–Crippen LogP) is 1.20. The molecule has 1 atom stereocenters. The second-order valence-electron chi connectivity index (χ2n) is 4.03. The van der Waals surface area contributed by atoms with E-state index in [0.717, 1.165) is 6.08 Å². The summed E-state index contributed by atoms with van der Waals surface area (Å²) in [6, 6.07) is 0. The Morgan fingerprint density at radius 3 is 2.00 bits per heavy atom. The molecular weight excluding hydrogens is 387 g/mol. The Labute approximate surface area is 137 Å². The molecule has 0 saturated heterocycles. The number of esters is 2. The molecule has 0 aromatic heterocycles. The van der Waals surface area contributed by atoms with Crippen molar-refractivity contribution in [3.63, 3.8) is 0 Å². The van der Waals surface area contributed by atoms with Crippen LogP contribution in [0, 0.1) is 0 Å². The van der Waals surface area contributed by atoms with Gasteiger partial charge < -0.3 is 14.2 Å². The van der Waals surface area contributed by atoms with Gasteiger partial charge in [0.05, 0.1) is 0 Å². The standard InChI is InChI=1S/C11H11F5O8S/c1-3-5-22-8(18)10(11(14,15)16,24-7(17)4-2)23-6-9(12,13)25(19,20)21/h3-4H,1-2,5-6H2,(H,19,20,21). The van der Waals surface area contributed by atoms with Crippen molar-refractivity contribution in [3.05, 3.63) is 25.3 Å². The Morgan fingerprint density at radius 2 is 1.64 bits per heavy atom. The molecule has 0 saturated carbocycles. The summed E-state index contributed by atoms with van der Waals surface area (Å²) in [7, 11) is -6.20. The smallest absolute Gasteiger partial charge is 0.456 e. The SMILES string of the molecule is C=CCOC(=O)C(OCC(F)(F)S(=O)(=O)O)(OC(=O)C=C)C(F)(F)F. The van der Waals surface area contributed by atoms with Gasteiger partial charge in [0.1, 0.15) is 13.2 Å². The fourth-order valence-corrected chi connectivity index (χ4v) is 1.27. The maximum atomic E-state index is 13.2. The van der Waals surface area contributed by atoms with E-state index in [1.807, 2.05) is 0 Å². The van der Waals surface area contributed by atoms with E-state index in [0.29, 0.717) is 0 Å². The van der Waals surface area contributed by atoms with Crippen LogP contribution >= 0.6 is 0 Å². The normalized spacial score (nSPS) is 15.0. The average molecular weight is 398 g/mol. The summed E-state index contributed by atoms with van der Waals surface area (Å²) in [6.45, 7) is 2.21. The van der Waals surface area contributed by atoms with E-state index in [2.05, 4.69) is 27.4 Å². The number of carbonyl (C=O) groups excluding carboxylic acids is 2. The van der Waals surface area contributed by atoms with Gasteiger partial charge in [-0.2, -0.15) is 30.4 Å². The van der Waals surface area contributed by atoms with Crippen molar-refractivity contribution >= 4 is 22.1 Å². The lowest BCUT2D eigenvalue weighted by Crippen LogP contribution is -2.59. The maximum Gasteiger partial charge on any atom is 0.468 e. The van der Waals surface area contributed by atoms with E-state index < -0.39 is 52.5 Å². The molecule has 0 heterocycles. The van der Waals surface area contributed by atoms with Crippen LogP contribution in [0.4, 0.5) is 22.0 Å². The highest BCUT2D eigenvalue weighted by Crippen LogP contribution is 2.38. The number of alkyl halides is 5. The van der Waals surface area contributed by atoms with Gasteiger partial charge in [-0.15, -0.1) is 0 Å². The molecule has 0 bridgehead atoms. The van der Waals surface area contributed by atoms with Gasteiger partial charge in [-0.25, -0.2) is 9.59 Å². The molecule has 14 heteroatoms. The van der Waals surface area contributed by atoms with Crippen LogP contribution in [0.25, 0.3) is 0 Å². The van der Waals surface area contributed by atoms with Crippen LogP contribution < -0.4 is 0 Å². The Kier molecular flexibility index (Phi) is 7.23. The molecule has 0 rings (SSSR count). The zero-order chi connectivity index (χ0) is 20.1. The highest BCUT2D eigenvalue weighted by Gasteiger charge is 2.69. The zero-order valence-corrected chi connectivity index (χ0v) is 12.9. The van der Waals surface area contributed by atoms with Crippen LogP contribution in [0.1, 0.15) is 0 Å². The van der Waals surface area contributed by atoms with Gasteiger partial charge in [0.15, 0.2) is 0 Å². The van der Waals surface area contributed by atoms with E-state index >= 15 is 0 Å². The minimum Gasteiger partial charge on any atom is -0.456 e. The summed E-state index contributed by atoms with van der Waals surface area (Å²) in [5.74, 6) is -9.17. The molecular formula is C11H11F5O8S. The Morgan fingerprint density at radius 1 is 1.12 bits per heavy atom. The van der Waals surface area contributed by atoms with E-state index in [1.165, 1.54) is 0 Å². The van der Waals surface area contributed by atoms with Crippen LogP contribution in [-0.2, 0) is 33.9 Å². The van der Waals surface area contributed by atoms with Crippen molar-refractivity contribution in [2.45, 2.75) is 17.2 Å². The Balaban J connectivity index is 6.00. The first-order valence-electron chi connectivity index (χ1n) is 5.83. The molecule has 0 aliphatic carbocycles. The molecule has 0 aromatic rings. The van der Waals surface area contributed by atoms with Gasteiger partial charge in [0.2, 0.25) is 0 Å². The van der Waals surface area contributed by atoms with Gasteiger partial charge in [0, 0.05) is 6.08 Å². The monoisotopic (exact) mass is 398 g/mol. The lowest BCUT2D eigenvalue weighted by Gasteiger charge is -2.32. The van der Waals surface area contributed by atoms with E-state index in [-0.39, 0.29) is 6.08 Å². The summed E-state index contributed by atoms with van der Waals surface area (Å²) in [5.41, 5.74) is 0. The Bertz CT molecular complexity index is 641. The molecule has 0 fully saturated rings. The number of halogens is 5. The zero-order valence-electron chi connectivity index (χ0n) is 12.1. The summed E-state index contributed by atoms with van der Waals surface area (Å²) in [4.78, 5) is 22.7. The van der Waals surface area contributed by atoms with Crippen LogP contribution in [-0.4, -0.2) is 55.3 Å². The summed E-state index contributed by atoms with van der Waals surface area (Å²) in [6.07, 6.45) is -5.04. The van der Waals surface area contributed by atoms with E-state index in [1.54, 1.807) is 0 Å². The molecule has 1 unspecified atom stereocenters. The van der Waals surface area contributed by atoms with E-state index in [4.69, 9.17) is 4.55 Å². The number of rotatable bonds is 9. The predicted molar refractivity (Wildman–Crippen MR) is 68.7 cm³/mol.